The molecule has 0 spiro atoms. The van der Waals surface area contributed by atoms with Gasteiger partial charge in [-0.05, 0) is 17.9 Å². The summed E-state index contributed by atoms with van der Waals surface area (Å²) in [7, 11) is 0. The van der Waals surface area contributed by atoms with Crippen molar-refractivity contribution < 1.29 is 0 Å². The molecule has 15 heavy (non-hydrogen) atoms. The van der Waals surface area contributed by atoms with E-state index in [1.807, 2.05) is 0 Å². The first-order chi connectivity index (χ1) is 7.31. The number of aromatic nitrogens is 2. The largest absolute Gasteiger partial charge is 0.382 e. The van der Waals surface area contributed by atoms with Crippen molar-refractivity contribution >= 4 is 22.8 Å². The molecule has 0 saturated heterocycles. The second-order valence-corrected chi connectivity index (χ2v) is 4.30. The summed E-state index contributed by atoms with van der Waals surface area (Å²) in [6.07, 6.45) is 2.73. The van der Waals surface area contributed by atoms with Crippen LogP contribution in [0.25, 0.3) is 0 Å². The third-order valence-corrected chi connectivity index (χ3v) is 3.28. The summed E-state index contributed by atoms with van der Waals surface area (Å²) in [6, 6.07) is 4.50. The van der Waals surface area contributed by atoms with Gasteiger partial charge < -0.3 is 11.1 Å². The normalized spacial score (nSPS) is 12.6. The zero-order valence-electron chi connectivity index (χ0n) is 8.53. The summed E-state index contributed by atoms with van der Waals surface area (Å²) in [5.41, 5.74) is 6.59. The summed E-state index contributed by atoms with van der Waals surface area (Å²) in [5, 5.41) is 12.0. The van der Waals surface area contributed by atoms with E-state index in [0.29, 0.717) is 11.9 Å². The highest BCUT2D eigenvalue weighted by molar-refractivity contribution is 7.10. The number of anilines is 2. The fraction of sp³-hybridized carbons (Fsp3) is 0.300. The second-order valence-electron chi connectivity index (χ2n) is 3.32. The summed E-state index contributed by atoms with van der Waals surface area (Å²) < 4.78 is 0. The molecule has 0 aliphatic carbocycles. The van der Waals surface area contributed by atoms with Crippen molar-refractivity contribution in [3.8, 4) is 0 Å². The molecule has 5 heteroatoms. The van der Waals surface area contributed by atoms with E-state index >= 15 is 0 Å². The quantitative estimate of drug-likeness (QED) is 0.745. The Kier molecular flexibility index (Phi) is 2.91. The predicted molar refractivity (Wildman–Crippen MR) is 64.0 cm³/mol. The van der Waals surface area contributed by atoms with E-state index in [0.717, 1.165) is 12.1 Å². The van der Waals surface area contributed by atoms with Gasteiger partial charge in [-0.15, -0.1) is 11.3 Å². The van der Waals surface area contributed by atoms with Crippen molar-refractivity contribution in [1.29, 1.82) is 0 Å². The number of nitrogen functional groups attached to an aromatic ring is 1. The second kappa shape index (κ2) is 4.35. The van der Waals surface area contributed by atoms with Crippen molar-refractivity contribution in [2.45, 2.75) is 19.4 Å². The van der Waals surface area contributed by atoms with Crippen LogP contribution in [0.4, 0.5) is 11.5 Å². The Labute approximate surface area is 92.5 Å². The van der Waals surface area contributed by atoms with E-state index in [2.05, 4.69) is 40.0 Å². The van der Waals surface area contributed by atoms with Crippen molar-refractivity contribution in [3.05, 3.63) is 28.6 Å². The van der Waals surface area contributed by atoms with E-state index in [-0.39, 0.29) is 0 Å². The van der Waals surface area contributed by atoms with Crippen molar-refractivity contribution in [3.63, 3.8) is 0 Å². The summed E-state index contributed by atoms with van der Waals surface area (Å²) in [6.45, 7) is 2.15. The van der Waals surface area contributed by atoms with Crippen LogP contribution in [0, 0.1) is 0 Å². The Hall–Kier alpha value is -1.49. The molecule has 2 aromatic rings. The smallest absolute Gasteiger partial charge is 0.142 e. The SMILES string of the molecule is CCC(Nc1cn[nH]c1N)c1cccs1. The third-order valence-electron chi connectivity index (χ3n) is 2.29. The molecule has 2 rings (SSSR count). The first kappa shape index (κ1) is 10.0. The van der Waals surface area contributed by atoms with E-state index < -0.39 is 0 Å². The minimum atomic E-state index is 0.310. The van der Waals surface area contributed by atoms with Gasteiger partial charge in [-0.25, -0.2) is 0 Å². The molecule has 0 aromatic carbocycles. The van der Waals surface area contributed by atoms with Gasteiger partial charge in [0.05, 0.1) is 17.9 Å². The minimum absolute atomic E-state index is 0.310. The average molecular weight is 222 g/mol. The molecule has 1 atom stereocenters. The lowest BCUT2D eigenvalue weighted by Crippen LogP contribution is -2.08. The molecule has 1 unspecified atom stereocenters. The third kappa shape index (κ3) is 2.12. The number of hydrogen-bond donors (Lipinski definition) is 3. The standard InChI is InChI=1S/C10H14N4S/c1-2-7(9-4-3-5-15-9)13-8-6-12-14-10(8)11/h3-7,13H,2H2,1H3,(H3,11,12,14). The molecule has 80 valence electrons. The summed E-state index contributed by atoms with van der Waals surface area (Å²) in [5.74, 6) is 0.588. The van der Waals surface area contributed by atoms with Gasteiger partial charge in [0.25, 0.3) is 0 Å². The topological polar surface area (TPSA) is 66.7 Å². The Bertz CT molecular complexity index is 407. The average Bonchev–Trinajstić information content (AvgIpc) is 2.86. The first-order valence-corrected chi connectivity index (χ1v) is 5.78. The van der Waals surface area contributed by atoms with Crippen molar-refractivity contribution in [2.75, 3.05) is 11.1 Å². The van der Waals surface area contributed by atoms with Gasteiger partial charge in [0.1, 0.15) is 5.82 Å². The number of nitrogens with one attached hydrogen (secondary N) is 2. The lowest BCUT2D eigenvalue weighted by molar-refractivity contribution is 0.764. The van der Waals surface area contributed by atoms with Gasteiger partial charge >= 0.3 is 0 Å². The molecule has 0 radical (unpaired) electrons. The van der Waals surface area contributed by atoms with Crippen LogP contribution in [0.2, 0.25) is 0 Å². The molecular formula is C10H14N4S. The van der Waals surface area contributed by atoms with Gasteiger partial charge in [0.2, 0.25) is 0 Å². The molecule has 0 bridgehead atoms. The highest BCUT2D eigenvalue weighted by atomic mass is 32.1. The minimum Gasteiger partial charge on any atom is -0.382 e. The van der Waals surface area contributed by atoms with Crippen LogP contribution in [0.15, 0.2) is 23.7 Å². The number of thiophene rings is 1. The van der Waals surface area contributed by atoms with Gasteiger partial charge in [-0.3, -0.25) is 5.10 Å². The van der Waals surface area contributed by atoms with Gasteiger partial charge in [0.15, 0.2) is 0 Å². The van der Waals surface area contributed by atoms with Gasteiger partial charge in [0, 0.05) is 4.88 Å². The summed E-state index contributed by atoms with van der Waals surface area (Å²) in [4.78, 5) is 1.32. The molecule has 0 saturated carbocycles. The molecule has 0 amide bonds. The van der Waals surface area contributed by atoms with Crippen molar-refractivity contribution in [2.24, 2.45) is 0 Å². The lowest BCUT2D eigenvalue weighted by Gasteiger charge is -2.15. The number of nitrogens with two attached hydrogens (primary N) is 1. The molecule has 4 nitrogen and oxygen atoms in total. The van der Waals surface area contributed by atoms with Crippen molar-refractivity contribution in [1.82, 2.24) is 10.2 Å². The molecule has 4 N–H and O–H groups in total. The number of H-pyrrole nitrogens is 1. The van der Waals surface area contributed by atoms with E-state index in [4.69, 9.17) is 5.73 Å². The van der Waals surface area contributed by atoms with Gasteiger partial charge in [-0.1, -0.05) is 13.0 Å². The first-order valence-electron chi connectivity index (χ1n) is 4.90. The Morgan fingerprint density at radius 3 is 3.07 bits per heavy atom. The summed E-state index contributed by atoms with van der Waals surface area (Å²) >= 11 is 1.75. The van der Waals surface area contributed by atoms with Crippen LogP contribution >= 0.6 is 11.3 Å². The molecule has 0 aliphatic heterocycles. The monoisotopic (exact) mass is 222 g/mol. The molecule has 0 fully saturated rings. The van der Waals surface area contributed by atoms with Crippen LogP contribution < -0.4 is 11.1 Å². The maximum atomic E-state index is 5.72. The van der Waals surface area contributed by atoms with Crippen LogP contribution in [0.1, 0.15) is 24.3 Å². The van der Waals surface area contributed by atoms with Crippen LogP contribution in [0.5, 0.6) is 0 Å². The van der Waals surface area contributed by atoms with E-state index in [1.54, 1.807) is 17.5 Å². The molecular weight excluding hydrogens is 208 g/mol. The van der Waals surface area contributed by atoms with Gasteiger partial charge in [-0.2, -0.15) is 5.10 Å². The van der Waals surface area contributed by atoms with E-state index in [9.17, 15) is 0 Å². The Morgan fingerprint density at radius 1 is 1.67 bits per heavy atom. The zero-order valence-corrected chi connectivity index (χ0v) is 9.34. The zero-order chi connectivity index (χ0) is 10.7. The fourth-order valence-corrected chi connectivity index (χ4v) is 2.32. The molecule has 2 heterocycles. The number of hydrogen-bond acceptors (Lipinski definition) is 4. The number of rotatable bonds is 4. The predicted octanol–water partition coefficient (Wildman–Crippen LogP) is 2.62. The lowest BCUT2D eigenvalue weighted by atomic mass is 10.2. The van der Waals surface area contributed by atoms with Crippen LogP contribution in [0.3, 0.4) is 0 Å². The van der Waals surface area contributed by atoms with Crippen LogP contribution in [-0.4, -0.2) is 10.2 Å². The number of aromatic amines is 1. The molecule has 2 aromatic heterocycles. The fourth-order valence-electron chi connectivity index (χ4n) is 1.46. The highest BCUT2D eigenvalue weighted by Gasteiger charge is 2.11. The van der Waals surface area contributed by atoms with Crippen LogP contribution in [-0.2, 0) is 0 Å². The maximum Gasteiger partial charge on any atom is 0.142 e. The Balaban J connectivity index is 2.13. The molecule has 0 aliphatic rings. The number of nitrogens with zero attached hydrogens (tertiary/aromatic N) is 1. The van der Waals surface area contributed by atoms with E-state index in [1.165, 1.54) is 4.88 Å². The maximum absolute atomic E-state index is 5.72. The highest BCUT2D eigenvalue weighted by Crippen LogP contribution is 2.27. The Morgan fingerprint density at radius 2 is 2.53 bits per heavy atom.